The van der Waals surface area contributed by atoms with Gasteiger partial charge in [0.05, 0.1) is 17.5 Å². The van der Waals surface area contributed by atoms with Gasteiger partial charge >= 0.3 is 0 Å². The molecular weight excluding hydrogens is 402 g/mol. The van der Waals surface area contributed by atoms with Crippen molar-refractivity contribution in [1.29, 1.82) is 0 Å². The fourth-order valence-corrected chi connectivity index (χ4v) is 4.65. The Labute approximate surface area is 178 Å². The highest BCUT2D eigenvalue weighted by Gasteiger charge is 2.29. The summed E-state index contributed by atoms with van der Waals surface area (Å²) in [7, 11) is 0. The molecule has 2 aromatic heterocycles. The summed E-state index contributed by atoms with van der Waals surface area (Å²) >= 11 is 1.59. The molecule has 1 amide bonds. The third-order valence-electron chi connectivity index (χ3n) is 5.50. The molecule has 0 spiro atoms. The number of aryl methyl sites for hydroxylation is 1. The van der Waals surface area contributed by atoms with Crippen molar-refractivity contribution in [2.45, 2.75) is 38.3 Å². The zero-order chi connectivity index (χ0) is 20.3. The van der Waals surface area contributed by atoms with Gasteiger partial charge in [-0.25, -0.2) is 0 Å². The van der Waals surface area contributed by atoms with Gasteiger partial charge in [0, 0.05) is 13.0 Å². The van der Waals surface area contributed by atoms with Gasteiger partial charge in [-0.15, -0.1) is 21.5 Å². The molecule has 5 rings (SSSR count). The molecule has 0 radical (unpaired) electrons. The predicted molar refractivity (Wildman–Crippen MR) is 112 cm³/mol. The molecule has 0 N–H and O–H groups in total. The van der Waals surface area contributed by atoms with Crippen molar-refractivity contribution < 1.29 is 14.3 Å². The number of hydrogen-bond acceptors (Lipinski definition) is 7. The zero-order valence-electron chi connectivity index (χ0n) is 16.6. The third kappa shape index (κ3) is 4.02. The summed E-state index contributed by atoms with van der Waals surface area (Å²) in [5, 5.41) is 14.8. The lowest BCUT2D eigenvalue weighted by molar-refractivity contribution is -0.132. The first-order valence-electron chi connectivity index (χ1n) is 10.3. The number of fused-ring (bicyclic) bond motifs is 1. The normalized spacial score (nSPS) is 18.0. The molecule has 1 fully saturated rings. The van der Waals surface area contributed by atoms with Crippen LogP contribution in [0.5, 0.6) is 11.5 Å². The maximum atomic E-state index is 12.9. The van der Waals surface area contributed by atoms with Crippen LogP contribution in [0.2, 0.25) is 0 Å². The van der Waals surface area contributed by atoms with Crippen molar-refractivity contribution in [3.8, 4) is 22.2 Å². The highest BCUT2D eigenvalue weighted by atomic mass is 32.1. The van der Waals surface area contributed by atoms with Crippen molar-refractivity contribution in [1.82, 2.24) is 25.1 Å². The molecule has 1 aromatic carbocycles. The fourth-order valence-electron chi connectivity index (χ4n) is 4.01. The second-order valence-electron chi connectivity index (χ2n) is 7.51. The van der Waals surface area contributed by atoms with E-state index in [1.807, 2.05) is 40.6 Å². The number of thiophene rings is 1. The first-order valence-corrected chi connectivity index (χ1v) is 11.1. The number of carbonyl (C=O) groups excluding carboxylic acids is 1. The quantitative estimate of drug-likeness (QED) is 0.604. The average molecular weight is 426 g/mol. The van der Waals surface area contributed by atoms with Gasteiger partial charge in [-0.05, 0) is 53.6 Å². The molecular formula is C21H23N5O3S. The summed E-state index contributed by atoms with van der Waals surface area (Å²) < 4.78 is 11.2. The largest absolute Gasteiger partial charge is 0.486 e. The standard InChI is InChI=1S/C21H23N5O3S/c27-20(8-6-15-5-7-17-18(13-15)29-11-10-28-17)25-9-1-3-16(25)14-26-23-21(22-24-26)19-4-2-12-30-19/h2,4-5,7,12-13,16H,1,3,6,8-11,14H2/t16-/m0/s1. The minimum atomic E-state index is 0.114. The first kappa shape index (κ1) is 19.0. The highest BCUT2D eigenvalue weighted by molar-refractivity contribution is 7.13. The van der Waals surface area contributed by atoms with Gasteiger partial charge in [0.2, 0.25) is 11.7 Å². The van der Waals surface area contributed by atoms with Crippen LogP contribution < -0.4 is 9.47 Å². The third-order valence-corrected chi connectivity index (χ3v) is 6.37. The molecule has 1 saturated heterocycles. The lowest BCUT2D eigenvalue weighted by atomic mass is 10.1. The number of carbonyl (C=O) groups is 1. The number of nitrogens with zero attached hydrogens (tertiary/aromatic N) is 5. The summed E-state index contributed by atoms with van der Waals surface area (Å²) in [4.78, 5) is 17.5. The molecule has 0 bridgehead atoms. The van der Waals surface area contributed by atoms with Crippen molar-refractivity contribution in [3.63, 3.8) is 0 Å². The second kappa shape index (κ2) is 8.43. The van der Waals surface area contributed by atoms with Crippen LogP contribution in [0.4, 0.5) is 0 Å². The molecule has 156 valence electrons. The molecule has 0 aliphatic carbocycles. The SMILES string of the molecule is O=C(CCc1ccc2c(c1)OCCO2)N1CCC[C@H]1Cn1nnc(-c2cccs2)n1. The predicted octanol–water partition coefficient (Wildman–Crippen LogP) is 2.80. The zero-order valence-corrected chi connectivity index (χ0v) is 17.4. The number of aromatic nitrogens is 4. The van der Waals surface area contributed by atoms with E-state index >= 15 is 0 Å². The lowest BCUT2D eigenvalue weighted by Crippen LogP contribution is -2.38. The number of rotatable bonds is 6. The Hall–Kier alpha value is -2.94. The molecule has 8 nitrogen and oxygen atoms in total. The molecule has 2 aliphatic heterocycles. The molecule has 3 aromatic rings. The van der Waals surface area contributed by atoms with Gasteiger partial charge in [0.25, 0.3) is 0 Å². The lowest BCUT2D eigenvalue weighted by Gasteiger charge is -2.24. The molecule has 2 aliphatic rings. The van der Waals surface area contributed by atoms with Gasteiger partial charge in [0.15, 0.2) is 11.5 Å². The van der Waals surface area contributed by atoms with Crippen molar-refractivity contribution in [2.75, 3.05) is 19.8 Å². The minimum absolute atomic E-state index is 0.114. The van der Waals surface area contributed by atoms with Crippen LogP contribution in [0.3, 0.4) is 0 Å². The Morgan fingerprint density at radius 3 is 2.97 bits per heavy atom. The fraction of sp³-hybridized carbons (Fsp3) is 0.429. The van der Waals surface area contributed by atoms with Crippen LogP contribution in [0.1, 0.15) is 24.8 Å². The van der Waals surface area contributed by atoms with E-state index in [0.717, 1.165) is 41.3 Å². The number of ether oxygens (including phenoxy) is 2. The van der Waals surface area contributed by atoms with E-state index in [1.54, 1.807) is 16.1 Å². The molecule has 0 saturated carbocycles. The number of hydrogen-bond donors (Lipinski definition) is 0. The van der Waals surface area contributed by atoms with Crippen LogP contribution in [-0.2, 0) is 17.8 Å². The van der Waals surface area contributed by atoms with Crippen molar-refractivity contribution >= 4 is 17.2 Å². The van der Waals surface area contributed by atoms with Gasteiger partial charge < -0.3 is 14.4 Å². The van der Waals surface area contributed by atoms with Crippen LogP contribution >= 0.6 is 11.3 Å². The van der Waals surface area contributed by atoms with E-state index in [9.17, 15) is 4.79 Å². The Morgan fingerprint density at radius 1 is 1.20 bits per heavy atom. The minimum Gasteiger partial charge on any atom is -0.486 e. The molecule has 9 heteroatoms. The van der Waals surface area contributed by atoms with E-state index in [0.29, 0.717) is 38.4 Å². The van der Waals surface area contributed by atoms with Crippen molar-refractivity contribution in [3.05, 3.63) is 41.3 Å². The second-order valence-corrected chi connectivity index (χ2v) is 8.45. The summed E-state index contributed by atoms with van der Waals surface area (Å²) in [6, 6.07) is 9.98. The number of likely N-dealkylation sites (tertiary alicyclic amines) is 1. The summed E-state index contributed by atoms with van der Waals surface area (Å²) in [5.41, 5.74) is 1.09. The van der Waals surface area contributed by atoms with Crippen molar-refractivity contribution in [2.24, 2.45) is 0 Å². The van der Waals surface area contributed by atoms with Crippen LogP contribution in [0.25, 0.3) is 10.7 Å². The Morgan fingerprint density at radius 2 is 2.10 bits per heavy atom. The smallest absolute Gasteiger partial charge is 0.223 e. The Balaban J connectivity index is 1.19. The monoisotopic (exact) mass is 425 g/mol. The number of amides is 1. The van der Waals surface area contributed by atoms with Crippen LogP contribution in [0.15, 0.2) is 35.7 Å². The number of tetrazole rings is 1. The number of benzene rings is 1. The maximum absolute atomic E-state index is 12.9. The summed E-state index contributed by atoms with van der Waals surface area (Å²) in [5.74, 6) is 2.35. The highest BCUT2D eigenvalue weighted by Crippen LogP contribution is 2.31. The molecule has 30 heavy (non-hydrogen) atoms. The maximum Gasteiger partial charge on any atom is 0.223 e. The molecule has 0 unspecified atom stereocenters. The van der Waals surface area contributed by atoms with Crippen LogP contribution in [0, 0.1) is 0 Å². The Kier molecular flexibility index (Phi) is 5.35. The topological polar surface area (TPSA) is 82.4 Å². The Bertz CT molecular complexity index is 1020. The van der Waals surface area contributed by atoms with E-state index < -0.39 is 0 Å². The van der Waals surface area contributed by atoms with E-state index in [1.165, 1.54) is 0 Å². The van der Waals surface area contributed by atoms with E-state index in [4.69, 9.17) is 9.47 Å². The first-order chi connectivity index (χ1) is 14.8. The van der Waals surface area contributed by atoms with E-state index in [-0.39, 0.29) is 11.9 Å². The van der Waals surface area contributed by atoms with E-state index in [2.05, 4.69) is 15.4 Å². The van der Waals surface area contributed by atoms with Crippen LogP contribution in [-0.4, -0.2) is 56.8 Å². The average Bonchev–Trinajstić information content (AvgIpc) is 3.54. The van der Waals surface area contributed by atoms with Gasteiger partial charge in [0.1, 0.15) is 13.2 Å². The van der Waals surface area contributed by atoms with Gasteiger partial charge in [-0.3, -0.25) is 4.79 Å². The van der Waals surface area contributed by atoms with Gasteiger partial charge in [-0.1, -0.05) is 12.1 Å². The molecule has 1 atom stereocenters. The summed E-state index contributed by atoms with van der Waals surface area (Å²) in [6.45, 7) is 2.51. The molecule has 4 heterocycles. The van der Waals surface area contributed by atoms with Gasteiger partial charge in [-0.2, -0.15) is 4.80 Å². The summed E-state index contributed by atoms with van der Waals surface area (Å²) in [6.07, 6.45) is 3.13.